The Kier molecular flexibility index (Phi) is 6.14. The molecule has 1 aliphatic rings. The minimum atomic E-state index is -3.55. The molecule has 0 saturated carbocycles. The average Bonchev–Trinajstić information content (AvgIpc) is 3.14. The molecule has 170 valence electrons. The number of aromatic nitrogens is 2. The lowest BCUT2D eigenvalue weighted by molar-refractivity contribution is 0.433. The summed E-state index contributed by atoms with van der Waals surface area (Å²) >= 11 is 1.39. The van der Waals surface area contributed by atoms with Crippen LogP contribution >= 0.6 is 11.5 Å². The molecule has 1 aliphatic heterocycles. The molecular weight excluding hydrogens is 452 g/mol. The summed E-state index contributed by atoms with van der Waals surface area (Å²) in [6, 6.07) is 21.6. The van der Waals surface area contributed by atoms with E-state index in [0.29, 0.717) is 31.0 Å². The van der Waals surface area contributed by atoms with Gasteiger partial charge in [0.05, 0.1) is 4.90 Å². The Balaban J connectivity index is 1.28. The van der Waals surface area contributed by atoms with Crippen LogP contribution < -0.4 is 4.90 Å². The summed E-state index contributed by atoms with van der Waals surface area (Å²) in [5.41, 5.74) is 2.42. The molecule has 8 heteroatoms. The van der Waals surface area contributed by atoms with Crippen molar-refractivity contribution < 1.29 is 8.42 Å². The first kappa shape index (κ1) is 22.0. The number of anilines is 1. The van der Waals surface area contributed by atoms with Crippen LogP contribution in [0.5, 0.6) is 0 Å². The van der Waals surface area contributed by atoms with Crippen LogP contribution in [0.3, 0.4) is 0 Å². The highest BCUT2D eigenvalue weighted by Gasteiger charge is 2.28. The lowest BCUT2D eigenvalue weighted by Crippen LogP contribution is -2.35. The largest absolute Gasteiger partial charge is 0.345 e. The van der Waals surface area contributed by atoms with Crippen LogP contribution in [0.4, 0.5) is 5.13 Å². The number of benzene rings is 3. The van der Waals surface area contributed by atoms with Gasteiger partial charge in [-0.2, -0.15) is 8.68 Å². The first-order valence-corrected chi connectivity index (χ1v) is 13.3. The van der Waals surface area contributed by atoms with Gasteiger partial charge in [0.1, 0.15) is 5.82 Å². The zero-order chi connectivity index (χ0) is 22.8. The van der Waals surface area contributed by atoms with E-state index in [1.165, 1.54) is 22.7 Å². The highest BCUT2D eigenvalue weighted by atomic mass is 32.2. The maximum absolute atomic E-state index is 13.3. The molecule has 0 bridgehead atoms. The van der Waals surface area contributed by atoms with Crippen molar-refractivity contribution in [2.24, 2.45) is 0 Å². The van der Waals surface area contributed by atoms with Gasteiger partial charge in [-0.3, -0.25) is 0 Å². The fraction of sp³-hybridized carbons (Fsp3) is 0.280. The van der Waals surface area contributed by atoms with Gasteiger partial charge in [0.25, 0.3) is 0 Å². The minimum absolute atomic E-state index is 0.353. The summed E-state index contributed by atoms with van der Waals surface area (Å²) in [7, 11) is -3.55. The van der Waals surface area contributed by atoms with Crippen molar-refractivity contribution in [2.45, 2.75) is 24.7 Å². The molecule has 33 heavy (non-hydrogen) atoms. The molecule has 5 rings (SSSR count). The van der Waals surface area contributed by atoms with Crippen LogP contribution in [0.1, 0.15) is 23.4 Å². The summed E-state index contributed by atoms with van der Waals surface area (Å²) in [6.07, 6.45) is 1.45. The van der Waals surface area contributed by atoms with Crippen molar-refractivity contribution in [3.8, 4) is 0 Å². The summed E-state index contributed by atoms with van der Waals surface area (Å²) in [4.78, 5) is 7.25. The van der Waals surface area contributed by atoms with Gasteiger partial charge in [-0.25, -0.2) is 13.4 Å². The number of aryl methyl sites for hydroxylation is 1. The highest BCUT2D eigenvalue weighted by Crippen LogP contribution is 2.25. The smallest absolute Gasteiger partial charge is 0.243 e. The number of rotatable bonds is 5. The molecule has 3 aromatic carbocycles. The van der Waals surface area contributed by atoms with Crippen molar-refractivity contribution in [3.05, 3.63) is 83.7 Å². The Bertz CT molecular complexity index is 1370. The molecule has 1 fully saturated rings. The van der Waals surface area contributed by atoms with E-state index in [9.17, 15) is 8.42 Å². The number of nitrogens with zero attached hydrogens (tertiary/aromatic N) is 4. The molecule has 1 aromatic heterocycles. The lowest BCUT2D eigenvalue weighted by atomic mass is 10.1. The number of sulfonamides is 1. The van der Waals surface area contributed by atoms with E-state index in [1.54, 1.807) is 16.4 Å². The van der Waals surface area contributed by atoms with Crippen molar-refractivity contribution in [1.29, 1.82) is 0 Å². The molecule has 2 heterocycles. The Morgan fingerprint density at radius 1 is 0.909 bits per heavy atom. The fourth-order valence-corrected chi connectivity index (χ4v) is 6.38. The predicted molar refractivity (Wildman–Crippen MR) is 133 cm³/mol. The zero-order valence-electron chi connectivity index (χ0n) is 18.5. The minimum Gasteiger partial charge on any atom is -0.345 e. The molecule has 0 aliphatic carbocycles. The Hall–Kier alpha value is -2.81. The van der Waals surface area contributed by atoms with E-state index in [4.69, 9.17) is 4.98 Å². The molecule has 4 aromatic rings. The molecule has 0 unspecified atom stereocenters. The first-order chi connectivity index (χ1) is 16.0. The van der Waals surface area contributed by atoms with E-state index in [-0.39, 0.29) is 0 Å². The third-order valence-electron chi connectivity index (χ3n) is 6.02. The Morgan fingerprint density at radius 3 is 2.52 bits per heavy atom. The second kappa shape index (κ2) is 9.21. The maximum Gasteiger partial charge on any atom is 0.243 e. The third-order valence-corrected chi connectivity index (χ3v) is 8.73. The topological polar surface area (TPSA) is 66.4 Å². The van der Waals surface area contributed by atoms with Crippen molar-refractivity contribution in [2.75, 3.05) is 31.1 Å². The van der Waals surface area contributed by atoms with Gasteiger partial charge in [0.2, 0.25) is 15.2 Å². The van der Waals surface area contributed by atoms with E-state index < -0.39 is 10.0 Å². The molecular formula is C25H26N4O2S2. The molecule has 6 nitrogen and oxygen atoms in total. The Labute approximate surface area is 198 Å². The van der Waals surface area contributed by atoms with Crippen molar-refractivity contribution in [1.82, 2.24) is 13.7 Å². The van der Waals surface area contributed by atoms with E-state index in [2.05, 4.69) is 40.5 Å². The van der Waals surface area contributed by atoms with E-state index >= 15 is 0 Å². The van der Waals surface area contributed by atoms with Crippen LogP contribution in [0.2, 0.25) is 0 Å². The first-order valence-electron chi connectivity index (χ1n) is 11.1. The highest BCUT2D eigenvalue weighted by molar-refractivity contribution is 7.89. The molecule has 0 radical (unpaired) electrons. The second-order valence-electron chi connectivity index (χ2n) is 8.41. The standard InChI is InChI=1S/C25H26N4O2S2/c1-19-7-9-20(10-8-19)17-24-26-25(32-27-24)28-13-4-14-29(16-15-28)33(30,31)23-12-11-21-5-2-3-6-22(21)18-23/h2-3,5-12,18H,4,13-17H2,1H3. The average molecular weight is 479 g/mol. The third kappa shape index (κ3) is 4.78. The van der Waals surface area contributed by atoms with Gasteiger partial charge in [0, 0.05) is 44.1 Å². The molecule has 0 amide bonds. The van der Waals surface area contributed by atoms with Crippen LogP contribution in [-0.4, -0.2) is 48.3 Å². The summed E-state index contributed by atoms with van der Waals surface area (Å²) < 4.78 is 32.8. The maximum atomic E-state index is 13.3. The fourth-order valence-electron chi connectivity index (χ4n) is 4.14. The molecule has 0 N–H and O–H groups in total. The van der Waals surface area contributed by atoms with Crippen LogP contribution in [-0.2, 0) is 16.4 Å². The van der Waals surface area contributed by atoms with Crippen LogP contribution in [0, 0.1) is 6.92 Å². The summed E-state index contributed by atoms with van der Waals surface area (Å²) in [6.45, 7) is 4.38. The summed E-state index contributed by atoms with van der Waals surface area (Å²) in [5.74, 6) is 0.809. The molecule has 0 spiro atoms. The molecule has 1 saturated heterocycles. The molecule has 0 atom stereocenters. The monoisotopic (exact) mass is 478 g/mol. The normalized spacial score (nSPS) is 15.6. The number of fused-ring (bicyclic) bond motifs is 1. The van der Waals surface area contributed by atoms with Gasteiger partial charge >= 0.3 is 0 Å². The van der Waals surface area contributed by atoms with Gasteiger partial charge in [-0.05, 0) is 41.8 Å². The lowest BCUT2D eigenvalue weighted by Gasteiger charge is -2.21. The van der Waals surface area contributed by atoms with Crippen LogP contribution in [0.25, 0.3) is 10.8 Å². The van der Waals surface area contributed by atoms with Crippen molar-refractivity contribution >= 4 is 37.5 Å². The SMILES string of the molecule is Cc1ccc(Cc2nsc(N3CCCN(S(=O)(=O)c4ccc5ccccc5c4)CC3)n2)cc1. The quantitative estimate of drug-likeness (QED) is 0.423. The van der Waals surface area contributed by atoms with E-state index in [0.717, 1.165) is 34.7 Å². The van der Waals surface area contributed by atoms with Crippen LogP contribution in [0.15, 0.2) is 71.6 Å². The van der Waals surface area contributed by atoms with Crippen molar-refractivity contribution in [3.63, 3.8) is 0 Å². The van der Waals surface area contributed by atoms with Gasteiger partial charge in [0.15, 0.2) is 0 Å². The van der Waals surface area contributed by atoms with E-state index in [1.807, 2.05) is 30.3 Å². The number of hydrogen-bond donors (Lipinski definition) is 0. The number of hydrogen-bond acceptors (Lipinski definition) is 6. The predicted octanol–water partition coefficient (Wildman–Crippen LogP) is 4.49. The Morgan fingerprint density at radius 2 is 1.70 bits per heavy atom. The summed E-state index contributed by atoms with van der Waals surface area (Å²) in [5, 5.41) is 2.84. The second-order valence-corrected chi connectivity index (χ2v) is 11.1. The zero-order valence-corrected chi connectivity index (χ0v) is 20.1. The van der Waals surface area contributed by atoms with Gasteiger partial charge in [-0.15, -0.1) is 0 Å². The van der Waals surface area contributed by atoms with Gasteiger partial charge < -0.3 is 4.90 Å². The van der Waals surface area contributed by atoms with Gasteiger partial charge in [-0.1, -0.05) is 60.2 Å².